The summed E-state index contributed by atoms with van der Waals surface area (Å²) in [5.41, 5.74) is 3.00. The predicted octanol–water partition coefficient (Wildman–Crippen LogP) is 4.86. The van der Waals surface area contributed by atoms with Crippen molar-refractivity contribution in [3.63, 3.8) is 0 Å². The van der Waals surface area contributed by atoms with E-state index in [2.05, 4.69) is 59.0 Å². The highest BCUT2D eigenvalue weighted by atomic mass is 79.9. The van der Waals surface area contributed by atoms with Gasteiger partial charge >= 0.3 is 0 Å². The molecule has 2 aromatic carbocycles. The molecule has 1 aliphatic carbocycles. The van der Waals surface area contributed by atoms with E-state index in [0.29, 0.717) is 42.4 Å². The summed E-state index contributed by atoms with van der Waals surface area (Å²) in [7, 11) is 0. The summed E-state index contributed by atoms with van der Waals surface area (Å²) in [5, 5.41) is 0.559. The minimum Gasteiger partial charge on any atom is -0.335 e. The van der Waals surface area contributed by atoms with Crippen LogP contribution < -0.4 is 5.56 Å². The fourth-order valence-electron chi connectivity index (χ4n) is 3.66. The van der Waals surface area contributed by atoms with Gasteiger partial charge in [0, 0.05) is 30.0 Å². The zero-order chi connectivity index (χ0) is 21.3. The first-order chi connectivity index (χ1) is 14.4. The Balaban J connectivity index is 1.46. The van der Waals surface area contributed by atoms with E-state index in [0.717, 1.165) is 22.9 Å². The Labute approximate surface area is 184 Å². The van der Waals surface area contributed by atoms with Crippen molar-refractivity contribution < 1.29 is 4.79 Å². The molecule has 1 amide bonds. The van der Waals surface area contributed by atoms with Crippen molar-refractivity contribution >= 4 is 32.7 Å². The fourth-order valence-corrected chi connectivity index (χ4v) is 4.02. The Bertz CT molecular complexity index is 1120. The molecule has 0 bridgehead atoms. The first-order valence-electron chi connectivity index (χ1n) is 10.5. The zero-order valence-corrected chi connectivity index (χ0v) is 18.9. The molecule has 3 aromatic rings. The molecule has 1 saturated carbocycles. The molecule has 1 heterocycles. The SMILES string of the molecule is CC(C)c1ccc(CN(C(=O)CCn2cnc3ccc(Br)cc3c2=O)C2CC2)cc1. The second kappa shape index (κ2) is 8.72. The summed E-state index contributed by atoms with van der Waals surface area (Å²) in [5.74, 6) is 0.585. The van der Waals surface area contributed by atoms with Gasteiger partial charge in [-0.05, 0) is 48.1 Å². The molecule has 30 heavy (non-hydrogen) atoms. The number of benzene rings is 2. The Kier molecular flexibility index (Phi) is 6.04. The number of carbonyl (C=O) groups is 1. The minimum absolute atomic E-state index is 0.0895. The molecule has 0 spiro atoms. The van der Waals surface area contributed by atoms with Crippen LogP contribution in [-0.2, 0) is 17.9 Å². The quantitative estimate of drug-likeness (QED) is 0.498. The Hall–Kier alpha value is -2.47. The first-order valence-corrected chi connectivity index (χ1v) is 11.2. The largest absolute Gasteiger partial charge is 0.335 e. The van der Waals surface area contributed by atoms with Crippen LogP contribution in [0.1, 0.15) is 50.2 Å². The average Bonchev–Trinajstić information content (AvgIpc) is 3.57. The topological polar surface area (TPSA) is 55.2 Å². The standard InChI is InChI=1S/C24H26BrN3O2/c1-16(2)18-5-3-17(4-6-18)14-28(20-8-9-20)23(29)11-12-27-15-26-22-10-7-19(25)13-21(22)24(27)30/h3-7,10,13,15-16,20H,8-9,11-12,14H2,1-2H3. The summed E-state index contributed by atoms with van der Waals surface area (Å²) >= 11 is 3.40. The van der Waals surface area contributed by atoms with E-state index in [1.54, 1.807) is 6.07 Å². The van der Waals surface area contributed by atoms with E-state index < -0.39 is 0 Å². The number of hydrogen-bond donors (Lipinski definition) is 0. The molecule has 6 heteroatoms. The normalized spacial score (nSPS) is 13.7. The Morgan fingerprint density at radius 1 is 1.20 bits per heavy atom. The van der Waals surface area contributed by atoms with Gasteiger partial charge in [0.15, 0.2) is 0 Å². The zero-order valence-electron chi connectivity index (χ0n) is 17.3. The first kappa shape index (κ1) is 20.8. The summed E-state index contributed by atoms with van der Waals surface area (Å²) in [6.45, 7) is 5.32. The van der Waals surface area contributed by atoms with Gasteiger partial charge in [-0.25, -0.2) is 4.98 Å². The van der Waals surface area contributed by atoms with Crippen molar-refractivity contribution in [1.82, 2.24) is 14.5 Å². The summed E-state index contributed by atoms with van der Waals surface area (Å²) < 4.78 is 2.38. The van der Waals surface area contributed by atoms with Gasteiger partial charge in [-0.2, -0.15) is 0 Å². The third-order valence-corrected chi connectivity index (χ3v) is 6.15. The number of hydrogen-bond acceptors (Lipinski definition) is 3. The van der Waals surface area contributed by atoms with Crippen LogP contribution >= 0.6 is 15.9 Å². The van der Waals surface area contributed by atoms with Crippen LogP contribution in [0, 0.1) is 0 Å². The van der Waals surface area contributed by atoms with E-state index in [1.165, 1.54) is 16.5 Å². The van der Waals surface area contributed by atoms with Crippen molar-refractivity contribution in [3.8, 4) is 0 Å². The van der Waals surface area contributed by atoms with Gasteiger partial charge in [-0.15, -0.1) is 0 Å². The number of nitrogens with zero attached hydrogens (tertiary/aromatic N) is 3. The highest BCUT2D eigenvalue weighted by molar-refractivity contribution is 9.10. The fraction of sp³-hybridized carbons (Fsp3) is 0.375. The minimum atomic E-state index is -0.114. The van der Waals surface area contributed by atoms with E-state index in [4.69, 9.17) is 0 Å². The Morgan fingerprint density at radius 2 is 1.93 bits per heavy atom. The van der Waals surface area contributed by atoms with Crippen molar-refractivity contribution in [2.75, 3.05) is 0 Å². The molecule has 1 fully saturated rings. The van der Waals surface area contributed by atoms with Gasteiger partial charge in [-0.3, -0.25) is 14.2 Å². The van der Waals surface area contributed by atoms with Crippen molar-refractivity contribution in [2.45, 2.75) is 58.2 Å². The lowest BCUT2D eigenvalue weighted by Gasteiger charge is -2.23. The summed E-state index contributed by atoms with van der Waals surface area (Å²) in [6.07, 6.45) is 3.95. The van der Waals surface area contributed by atoms with Crippen molar-refractivity contribution in [3.05, 3.63) is 74.7 Å². The van der Waals surface area contributed by atoms with E-state index in [1.807, 2.05) is 17.0 Å². The maximum absolute atomic E-state index is 13.0. The second-order valence-electron chi connectivity index (χ2n) is 8.30. The van der Waals surface area contributed by atoms with Crippen LogP contribution in [0.5, 0.6) is 0 Å². The molecule has 4 rings (SSSR count). The van der Waals surface area contributed by atoms with E-state index in [9.17, 15) is 9.59 Å². The van der Waals surface area contributed by atoms with Gasteiger partial charge < -0.3 is 4.90 Å². The number of halogens is 1. The third kappa shape index (κ3) is 4.64. The highest BCUT2D eigenvalue weighted by Crippen LogP contribution is 2.29. The number of aromatic nitrogens is 2. The second-order valence-corrected chi connectivity index (χ2v) is 9.22. The van der Waals surface area contributed by atoms with Crippen LogP contribution in [-0.4, -0.2) is 26.4 Å². The maximum atomic E-state index is 13.0. The predicted molar refractivity (Wildman–Crippen MR) is 122 cm³/mol. The molecule has 1 aromatic heterocycles. The number of carbonyl (C=O) groups excluding carboxylic acids is 1. The van der Waals surface area contributed by atoms with Gasteiger partial charge in [0.25, 0.3) is 5.56 Å². The lowest BCUT2D eigenvalue weighted by Crippen LogP contribution is -2.34. The van der Waals surface area contributed by atoms with Gasteiger partial charge in [0.05, 0.1) is 17.2 Å². The van der Waals surface area contributed by atoms with Crippen LogP contribution in [0.4, 0.5) is 0 Å². The van der Waals surface area contributed by atoms with Crippen molar-refractivity contribution in [1.29, 1.82) is 0 Å². The summed E-state index contributed by atoms with van der Waals surface area (Å²) in [4.78, 5) is 32.1. The molecular formula is C24H26BrN3O2. The molecule has 0 unspecified atom stereocenters. The molecule has 0 N–H and O–H groups in total. The highest BCUT2D eigenvalue weighted by Gasteiger charge is 2.32. The molecule has 1 aliphatic rings. The smallest absolute Gasteiger partial charge is 0.261 e. The van der Waals surface area contributed by atoms with Gasteiger partial charge in [-0.1, -0.05) is 54.0 Å². The molecule has 0 aliphatic heterocycles. The number of amides is 1. The molecule has 5 nitrogen and oxygen atoms in total. The number of aryl methyl sites for hydroxylation is 1. The van der Waals surface area contributed by atoms with Crippen LogP contribution in [0.25, 0.3) is 10.9 Å². The van der Waals surface area contributed by atoms with E-state index in [-0.39, 0.29) is 11.5 Å². The molecule has 0 atom stereocenters. The molecular weight excluding hydrogens is 442 g/mol. The van der Waals surface area contributed by atoms with Crippen LogP contribution in [0.15, 0.2) is 58.1 Å². The molecule has 156 valence electrons. The number of rotatable bonds is 7. The maximum Gasteiger partial charge on any atom is 0.261 e. The van der Waals surface area contributed by atoms with Gasteiger partial charge in [0.1, 0.15) is 0 Å². The number of fused-ring (bicyclic) bond motifs is 1. The van der Waals surface area contributed by atoms with Crippen LogP contribution in [0.3, 0.4) is 0 Å². The monoisotopic (exact) mass is 467 g/mol. The van der Waals surface area contributed by atoms with E-state index >= 15 is 0 Å². The lowest BCUT2D eigenvalue weighted by atomic mass is 10.0. The van der Waals surface area contributed by atoms with Crippen molar-refractivity contribution in [2.24, 2.45) is 0 Å². The molecule has 0 saturated heterocycles. The lowest BCUT2D eigenvalue weighted by molar-refractivity contribution is -0.132. The Morgan fingerprint density at radius 3 is 2.60 bits per heavy atom. The van der Waals surface area contributed by atoms with Crippen LogP contribution in [0.2, 0.25) is 0 Å². The average molecular weight is 468 g/mol. The third-order valence-electron chi connectivity index (χ3n) is 5.66. The van der Waals surface area contributed by atoms with Gasteiger partial charge in [0.2, 0.25) is 5.91 Å². The summed E-state index contributed by atoms with van der Waals surface area (Å²) in [6, 6.07) is 14.3. The molecule has 0 radical (unpaired) electrons.